The van der Waals surface area contributed by atoms with Gasteiger partial charge in [-0.05, 0) is 84.6 Å². The molecule has 7 heteroatoms. The van der Waals surface area contributed by atoms with E-state index in [0.717, 1.165) is 24.8 Å². The maximum atomic E-state index is 13.0. The summed E-state index contributed by atoms with van der Waals surface area (Å²) >= 11 is 0. The van der Waals surface area contributed by atoms with Crippen LogP contribution >= 0.6 is 0 Å². The van der Waals surface area contributed by atoms with Crippen LogP contribution in [0.4, 0.5) is 21.1 Å². The summed E-state index contributed by atoms with van der Waals surface area (Å²) in [4.78, 5) is 33.7. The molecule has 0 unspecified atom stereocenters. The molecule has 0 spiro atoms. The number of benzene rings is 1. The number of anilines is 2. The van der Waals surface area contributed by atoms with Crippen LogP contribution in [0, 0.1) is 0 Å². The summed E-state index contributed by atoms with van der Waals surface area (Å²) in [5.41, 5.74) is 0.395. The number of piperidine rings is 1. The lowest BCUT2D eigenvalue weighted by molar-refractivity contribution is 0.00947. The van der Waals surface area contributed by atoms with Crippen molar-refractivity contribution in [2.45, 2.75) is 78.0 Å². The normalized spacial score (nSPS) is 16.8. The Bertz CT molecular complexity index is 946. The Kier molecular flexibility index (Phi) is 7.30. The number of hydrogen-bond acceptors (Lipinski definition) is 5. The van der Waals surface area contributed by atoms with E-state index < -0.39 is 17.3 Å². The quantitative estimate of drug-likeness (QED) is 0.522. The SMILES string of the molecule is CC(C)(C)OC(=O)N(c1ccccc1)c1ccc([C@@H]2CCCCN2C(=O)OC(C)(C)C)cn1. The van der Waals surface area contributed by atoms with Gasteiger partial charge in [-0.1, -0.05) is 24.3 Å². The molecule has 7 nitrogen and oxygen atoms in total. The summed E-state index contributed by atoms with van der Waals surface area (Å²) in [7, 11) is 0. The van der Waals surface area contributed by atoms with Crippen LogP contribution in [0.1, 0.15) is 72.4 Å². The number of rotatable bonds is 3. The topological polar surface area (TPSA) is 72.0 Å². The van der Waals surface area contributed by atoms with Crippen LogP contribution in [-0.2, 0) is 9.47 Å². The lowest BCUT2D eigenvalue weighted by atomic mass is 9.97. The Morgan fingerprint density at radius 3 is 2.18 bits per heavy atom. The van der Waals surface area contributed by atoms with E-state index in [-0.39, 0.29) is 12.1 Å². The predicted octanol–water partition coefficient (Wildman–Crippen LogP) is 6.62. The van der Waals surface area contributed by atoms with Gasteiger partial charge in [0.15, 0.2) is 0 Å². The number of pyridine rings is 1. The molecular weight excluding hydrogens is 418 g/mol. The van der Waals surface area contributed by atoms with Crippen LogP contribution in [0.25, 0.3) is 0 Å². The monoisotopic (exact) mass is 453 g/mol. The zero-order chi connectivity index (χ0) is 24.2. The first-order valence-electron chi connectivity index (χ1n) is 11.5. The van der Waals surface area contributed by atoms with Crippen molar-refractivity contribution in [1.29, 1.82) is 0 Å². The predicted molar refractivity (Wildman–Crippen MR) is 129 cm³/mol. The molecule has 0 saturated carbocycles. The standard InChI is InChI=1S/C26H35N3O4/c1-25(2,3)32-23(30)28-17-11-10-14-21(28)19-15-16-22(27-18-19)29(20-12-8-7-9-13-20)24(31)33-26(4,5)6/h7-9,12-13,15-16,18,21H,10-11,14,17H2,1-6H3/t21-/m0/s1. The third-order valence-corrected chi connectivity index (χ3v) is 5.11. The van der Waals surface area contributed by atoms with E-state index in [9.17, 15) is 9.59 Å². The Morgan fingerprint density at radius 2 is 1.61 bits per heavy atom. The average molecular weight is 454 g/mol. The van der Waals surface area contributed by atoms with E-state index in [1.807, 2.05) is 77.9 Å². The van der Waals surface area contributed by atoms with E-state index in [4.69, 9.17) is 9.47 Å². The Morgan fingerprint density at radius 1 is 0.939 bits per heavy atom. The smallest absolute Gasteiger partial charge is 0.420 e. The molecule has 1 aromatic heterocycles. The van der Waals surface area contributed by atoms with Crippen molar-refractivity contribution in [2.24, 2.45) is 0 Å². The van der Waals surface area contributed by atoms with Crippen molar-refractivity contribution in [3.8, 4) is 0 Å². The molecule has 0 bridgehead atoms. The molecule has 2 aromatic rings. The summed E-state index contributed by atoms with van der Waals surface area (Å²) in [6, 6.07) is 12.9. The van der Waals surface area contributed by atoms with Crippen LogP contribution < -0.4 is 4.90 Å². The molecule has 1 fully saturated rings. The number of amides is 2. The van der Waals surface area contributed by atoms with E-state index in [0.29, 0.717) is 18.1 Å². The lowest BCUT2D eigenvalue weighted by Crippen LogP contribution is -2.41. The number of likely N-dealkylation sites (tertiary alicyclic amines) is 1. The highest BCUT2D eigenvalue weighted by Crippen LogP contribution is 2.33. The second-order valence-corrected chi connectivity index (χ2v) is 10.3. The second-order valence-electron chi connectivity index (χ2n) is 10.3. The molecule has 2 heterocycles. The Hall–Kier alpha value is -3.09. The zero-order valence-electron chi connectivity index (χ0n) is 20.5. The van der Waals surface area contributed by atoms with Gasteiger partial charge in [-0.2, -0.15) is 0 Å². The zero-order valence-corrected chi connectivity index (χ0v) is 20.5. The number of para-hydroxylation sites is 1. The van der Waals surface area contributed by atoms with Gasteiger partial charge in [0, 0.05) is 12.7 Å². The minimum Gasteiger partial charge on any atom is -0.444 e. The summed E-state index contributed by atoms with van der Waals surface area (Å²) in [5, 5.41) is 0. The van der Waals surface area contributed by atoms with E-state index >= 15 is 0 Å². The van der Waals surface area contributed by atoms with Crippen molar-refractivity contribution in [3.63, 3.8) is 0 Å². The fourth-order valence-electron chi connectivity index (χ4n) is 3.76. The molecule has 1 aliphatic heterocycles. The third kappa shape index (κ3) is 6.70. The van der Waals surface area contributed by atoms with E-state index in [1.165, 1.54) is 4.90 Å². The maximum Gasteiger partial charge on any atom is 0.420 e. The third-order valence-electron chi connectivity index (χ3n) is 5.11. The molecule has 33 heavy (non-hydrogen) atoms. The minimum absolute atomic E-state index is 0.109. The lowest BCUT2D eigenvalue weighted by Gasteiger charge is -2.37. The fourth-order valence-corrected chi connectivity index (χ4v) is 3.76. The van der Waals surface area contributed by atoms with Crippen molar-refractivity contribution in [2.75, 3.05) is 11.4 Å². The molecule has 3 rings (SSSR count). The molecule has 0 N–H and O–H groups in total. The van der Waals surface area contributed by atoms with Gasteiger partial charge >= 0.3 is 12.2 Å². The first-order valence-corrected chi connectivity index (χ1v) is 11.5. The van der Waals surface area contributed by atoms with Gasteiger partial charge in [-0.25, -0.2) is 19.5 Å². The maximum absolute atomic E-state index is 13.0. The molecule has 1 saturated heterocycles. The molecule has 1 aromatic carbocycles. The number of carbonyl (C=O) groups excluding carboxylic acids is 2. The number of nitrogens with zero attached hydrogens (tertiary/aromatic N) is 3. The Labute approximate surface area is 196 Å². The highest BCUT2D eigenvalue weighted by molar-refractivity contribution is 5.95. The summed E-state index contributed by atoms with van der Waals surface area (Å²) in [6.07, 6.45) is 3.75. The summed E-state index contributed by atoms with van der Waals surface area (Å²) < 4.78 is 11.3. The number of aromatic nitrogens is 1. The van der Waals surface area contributed by atoms with Crippen molar-refractivity contribution < 1.29 is 19.1 Å². The van der Waals surface area contributed by atoms with Crippen LogP contribution in [0.3, 0.4) is 0 Å². The van der Waals surface area contributed by atoms with Crippen LogP contribution in [-0.4, -0.2) is 39.8 Å². The number of hydrogen-bond donors (Lipinski definition) is 0. The summed E-state index contributed by atoms with van der Waals surface area (Å²) in [6.45, 7) is 11.8. The molecule has 2 amide bonds. The molecule has 0 radical (unpaired) electrons. The van der Waals surface area contributed by atoms with Crippen molar-refractivity contribution >= 4 is 23.7 Å². The van der Waals surface area contributed by atoms with Gasteiger partial charge in [-0.15, -0.1) is 0 Å². The fraction of sp³-hybridized carbons (Fsp3) is 0.500. The van der Waals surface area contributed by atoms with Crippen LogP contribution in [0.5, 0.6) is 0 Å². The average Bonchev–Trinajstić information content (AvgIpc) is 2.73. The highest BCUT2D eigenvalue weighted by Gasteiger charge is 2.32. The summed E-state index contributed by atoms with van der Waals surface area (Å²) in [5.74, 6) is 0.457. The minimum atomic E-state index is -0.639. The Balaban J connectivity index is 1.88. The first kappa shape index (κ1) is 24.6. The number of carbonyl (C=O) groups is 2. The highest BCUT2D eigenvalue weighted by atomic mass is 16.6. The van der Waals surface area contributed by atoms with Gasteiger partial charge in [0.25, 0.3) is 0 Å². The molecule has 1 aliphatic rings. The molecule has 1 atom stereocenters. The van der Waals surface area contributed by atoms with Gasteiger partial charge in [0.05, 0.1) is 11.7 Å². The van der Waals surface area contributed by atoms with E-state index in [2.05, 4.69) is 4.98 Å². The van der Waals surface area contributed by atoms with Gasteiger partial charge in [0.2, 0.25) is 0 Å². The number of ether oxygens (including phenoxy) is 2. The van der Waals surface area contributed by atoms with E-state index in [1.54, 1.807) is 17.2 Å². The second kappa shape index (κ2) is 9.81. The van der Waals surface area contributed by atoms with Crippen molar-refractivity contribution in [3.05, 3.63) is 54.2 Å². The van der Waals surface area contributed by atoms with Gasteiger partial charge in [-0.3, -0.25) is 0 Å². The molecular formula is C26H35N3O4. The van der Waals surface area contributed by atoms with Crippen LogP contribution in [0.2, 0.25) is 0 Å². The first-order chi connectivity index (χ1) is 15.4. The molecule has 0 aliphatic carbocycles. The van der Waals surface area contributed by atoms with Gasteiger partial charge in [0.1, 0.15) is 17.0 Å². The largest absolute Gasteiger partial charge is 0.444 e. The molecule has 178 valence electrons. The van der Waals surface area contributed by atoms with Gasteiger partial charge < -0.3 is 14.4 Å². The van der Waals surface area contributed by atoms with Crippen molar-refractivity contribution in [1.82, 2.24) is 9.88 Å². The van der Waals surface area contributed by atoms with Crippen LogP contribution in [0.15, 0.2) is 48.7 Å².